The molecular weight excluding hydrogens is 468 g/mol. The van der Waals surface area contributed by atoms with Crippen LogP contribution in [0.25, 0.3) is 0 Å². The van der Waals surface area contributed by atoms with E-state index in [9.17, 15) is 14.4 Å². The Balaban J connectivity index is 1.32. The summed E-state index contributed by atoms with van der Waals surface area (Å²) in [5.41, 5.74) is 0.583. The number of aromatic amines is 1. The first-order chi connectivity index (χ1) is 15.5. The normalized spacial score (nSPS) is 34.7. The van der Waals surface area contributed by atoms with E-state index in [-0.39, 0.29) is 57.4 Å². The van der Waals surface area contributed by atoms with E-state index < -0.39 is 0 Å². The fourth-order valence-electron chi connectivity index (χ4n) is 6.65. The molecule has 2 aliphatic carbocycles. The van der Waals surface area contributed by atoms with Gasteiger partial charge in [-0.3, -0.25) is 19.3 Å². The molecule has 3 aromatic rings. The predicted octanol–water partition coefficient (Wildman–Crippen LogP) is 4.36. The Hall–Kier alpha value is -2.29. The van der Waals surface area contributed by atoms with Gasteiger partial charge in [-0.15, -0.1) is 11.8 Å². The van der Waals surface area contributed by atoms with Crippen LogP contribution in [-0.2, 0) is 9.59 Å². The molecule has 4 heterocycles. The van der Waals surface area contributed by atoms with E-state index in [0.717, 1.165) is 22.1 Å². The molecule has 9 heteroatoms. The summed E-state index contributed by atoms with van der Waals surface area (Å²) in [4.78, 5) is 44.5. The van der Waals surface area contributed by atoms with Gasteiger partial charge in [-0.1, -0.05) is 22.9 Å². The number of halogens is 1. The highest BCUT2D eigenvalue weighted by Gasteiger charge is 2.70. The number of rotatable bonds is 2. The number of amides is 2. The molecule has 2 aromatic heterocycles. The third kappa shape index (κ3) is 2.40. The molecule has 2 amide bonds. The minimum atomic E-state index is -0.320. The average Bonchev–Trinajstić information content (AvgIpc) is 3.57. The highest BCUT2D eigenvalue weighted by molar-refractivity contribution is 8.00. The van der Waals surface area contributed by atoms with E-state index in [1.165, 1.54) is 16.2 Å². The second kappa shape index (κ2) is 6.62. The lowest BCUT2D eigenvalue weighted by molar-refractivity contribution is -0.123. The van der Waals surface area contributed by atoms with Crippen molar-refractivity contribution in [3.05, 3.63) is 68.0 Å². The van der Waals surface area contributed by atoms with Crippen molar-refractivity contribution in [1.82, 2.24) is 4.98 Å². The van der Waals surface area contributed by atoms with Crippen molar-refractivity contribution in [2.24, 2.45) is 29.6 Å². The van der Waals surface area contributed by atoms with Gasteiger partial charge in [0.25, 0.3) is 0 Å². The minimum Gasteiger partial charge on any atom is -0.469 e. The smallest absolute Gasteiger partial charge is 0.305 e. The van der Waals surface area contributed by atoms with Crippen molar-refractivity contribution in [2.75, 3.05) is 4.90 Å². The SMILES string of the molecule is O=C1[C@@H]2[C@@H]3C[C@@H]([C@@H]2C(=O)N1c1ccc(Cl)cc1)[C@H]1[C@@H](c2ccco2)c2sc(=O)[nH]c2S[C@H]31. The lowest BCUT2D eigenvalue weighted by atomic mass is 9.69. The highest BCUT2D eigenvalue weighted by Crippen LogP contribution is 2.68. The van der Waals surface area contributed by atoms with E-state index in [4.69, 9.17) is 16.0 Å². The molecule has 2 saturated carbocycles. The number of nitrogens with zero attached hydrogens (tertiary/aromatic N) is 1. The van der Waals surface area contributed by atoms with Gasteiger partial charge in [0.1, 0.15) is 5.76 Å². The van der Waals surface area contributed by atoms with Gasteiger partial charge in [-0.05, 0) is 60.6 Å². The van der Waals surface area contributed by atoms with Gasteiger partial charge in [-0.25, -0.2) is 0 Å². The number of carbonyl (C=O) groups excluding carboxylic acids is 2. The average molecular weight is 485 g/mol. The zero-order chi connectivity index (χ0) is 21.7. The van der Waals surface area contributed by atoms with Crippen LogP contribution in [0.5, 0.6) is 0 Å². The molecular formula is C23H17ClN2O4S2. The van der Waals surface area contributed by atoms with Crippen molar-refractivity contribution in [2.45, 2.75) is 22.6 Å². The van der Waals surface area contributed by atoms with E-state index in [1.54, 1.807) is 42.3 Å². The summed E-state index contributed by atoms with van der Waals surface area (Å²) in [6.45, 7) is 0. The Morgan fingerprint density at radius 3 is 2.50 bits per heavy atom. The largest absolute Gasteiger partial charge is 0.469 e. The number of aromatic nitrogens is 1. The van der Waals surface area contributed by atoms with E-state index in [2.05, 4.69) is 4.98 Å². The van der Waals surface area contributed by atoms with Crippen LogP contribution in [-0.4, -0.2) is 22.0 Å². The summed E-state index contributed by atoms with van der Waals surface area (Å²) in [5, 5.41) is 1.62. The number of thiazole rings is 1. The molecule has 2 bridgehead atoms. The predicted molar refractivity (Wildman–Crippen MR) is 121 cm³/mol. The number of nitrogens with one attached hydrogen (secondary N) is 1. The monoisotopic (exact) mass is 484 g/mol. The molecule has 32 heavy (non-hydrogen) atoms. The second-order valence-electron chi connectivity index (χ2n) is 8.96. The van der Waals surface area contributed by atoms with Gasteiger partial charge >= 0.3 is 4.87 Å². The van der Waals surface area contributed by atoms with Crippen LogP contribution < -0.4 is 9.77 Å². The molecule has 1 saturated heterocycles. The first-order valence-corrected chi connectivity index (χ1v) is 12.7. The van der Waals surface area contributed by atoms with E-state index in [0.29, 0.717) is 10.7 Å². The summed E-state index contributed by atoms with van der Waals surface area (Å²) in [5.74, 6) is 0.252. The van der Waals surface area contributed by atoms with Crippen LogP contribution in [0.2, 0.25) is 5.02 Å². The molecule has 1 aromatic carbocycles. The Morgan fingerprint density at radius 1 is 1.03 bits per heavy atom. The maximum Gasteiger partial charge on any atom is 0.305 e. The summed E-state index contributed by atoms with van der Waals surface area (Å²) in [6, 6.07) is 10.7. The zero-order valence-corrected chi connectivity index (χ0v) is 19.0. The van der Waals surface area contributed by atoms with Gasteiger partial charge in [0.2, 0.25) is 11.8 Å². The quantitative estimate of drug-likeness (QED) is 0.546. The summed E-state index contributed by atoms with van der Waals surface area (Å²) < 4.78 is 5.82. The summed E-state index contributed by atoms with van der Waals surface area (Å²) >= 11 is 8.92. The van der Waals surface area contributed by atoms with Crippen LogP contribution in [0.1, 0.15) is 23.0 Å². The molecule has 1 N–H and O–H groups in total. The number of thioether (sulfide) groups is 1. The number of fused-ring (bicyclic) bond motifs is 9. The second-order valence-corrected chi connectivity index (χ2v) is 11.6. The molecule has 6 nitrogen and oxygen atoms in total. The summed E-state index contributed by atoms with van der Waals surface area (Å²) in [7, 11) is 0. The number of imide groups is 1. The number of hydrogen-bond donors (Lipinski definition) is 1. The van der Waals surface area contributed by atoms with Gasteiger partial charge in [0.05, 0.1) is 39.6 Å². The fourth-order valence-corrected chi connectivity index (χ4v) is 9.64. The molecule has 0 spiro atoms. The number of H-pyrrole nitrogens is 1. The number of anilines is 1. The molecule has 0 radical (unpaired) electrons. The van der Waals surface area contributed by atoms with Crippen LogP contribution in [0.3, 0.4) is 0 Å². The van der Waals surface area contributed by atoms with Crippen molar-refractivity contribution >= 4 is 52.2 Å². The molecule has 7 rings (SSSR count). The Morgan fingerprint density at radius 2 is 1.78 bits per heavy atom. The first-order valence-electron chi connectivity index (χ1n) is 10.6. The summed E-state index contributed by atoms with van der Waals surface area (Å²) in [6.07, 6.45) is 2.52. The number of hydrogen-bond acceptors (Lipinski definition) is 6. The standard InChI is InChI=1S/C23H17ClN2O4S2/c24-9-3-5-10(6-4-9)26-21(27)15-11-8-12(16(15)22(26)28)18-14(11)17(13-2-1-7-30-13)19-20(31-18)25-23(29)32-19/h1-7,11-12,14-18H,8H2,(H,25,29)/t11-,12+,14+,15+,16-,17-,18-/m1/s1. The number of carbonyl (C=O) groups is 2. The maximum absolute atomic E-state index is 13.6. The zero-order valence-electron chi connectivity index (χ0n) is 16.6. The molecule has 4 aliphatic rings. The maximum atomic E-state index is 13.6. The third-order valence-corrected chi connectivity index (χ3v) is 10.5. The first kappa shape index (κ1) is 19.2. The van der Waals surface area contributed by atoms with Crippen LogP contribution in [0, 0.1) is 29.6 Å². The highest BCUT2D eigenvalue weighted by atomic mass is 35.5. The van der Waals surface area contributed by atoms with Gasteiger partial charge in [0, 0.05) is 10.3 Å². The molecule has 7 atom stereocenters. The van der Waals surface area contributed by atoms with Crippen molar-refractivity contribution in [3.8, 4) is 0 Å². The number of furan rings is 1. The fraction of sp³-hybridized carbons (Fsp3) is 0.348. The molecule has 0 unspecified atom stereocenters. The van der Waals surface area contributed by atoms with Gasteiger partial charge in [0.15, 0.2) is 0 Å². The lowest BCUT2D eigenvalue weighted by Gasteiger charge is -2.42. The van der Waals surface area contributed by atoms with Crippen molar-refractivity contribution < 1.29 is 14.0 Å². The van der Waals surface area contributed by atoms with Gasteiger partial charge < -0.3 is 9.40 Å². The Labute approximate surface area is 195 Å². The Bertz CT molecular complexity index is 1310. The number of benzene rings is 1. The van der Waals surface area contributed by atoms with E-state index in [1.807, 2.05) is 12.1 Å². The van der Waals surface area contributed by atoms with Crippen molar-refractivity contribution in [3.63, 3.8) is 0 Å². The van der Waals surface area contributed by atoms with Crippen LogP contribution in [0.4, 0.5) is 5.69 Å². The molecule has 3 fully saturated rings. The van der Waals surface area contributed by atoms with Gasteiger partial charge in [-0.2, -0.15) is 0 Å². The minimum absolute atomic E-state index is 0.0707. The van der Waals surface area contributed by atoms with Crippen LogP contribution >= 0.6 is 34.7 Å². The molecule has 162 valence electrons. The Kier molecular flexibility index (Phi) is 3.97. The van der Waals surface area contributed by atoms with Crippen molar-refractivity contribution in [1.29, 1.82) is 0 Å². The van der Waals surface area contributed by atoms with Crippen LogP contribution in [0.15, 0.2) is 56.9 Å². The third-order valence-electron chi connectivity index (χ3n) is 7.66. The lowest BCUT2D eigenvalue weighted by Crippen LogP contribution is -2.42. The topological polar surface area (TPSA) is 83.4 Å². The van der Waals surface area contributed by atoms with E-state index >= 15 is 0 Å². The molecule has 2 aliphatic heterocycles.